The summed E-state index contributed by atoms with van der Waals surface area (Å²) in [7, 11) is 2.28. The van der Waals surface area contributed by atoms with E-state index in [-0.39, 0.29) is 0 Å². The average molecular weight is 255 g/mol. The topological polar surface area (TPSA) is 52.7 Å². The summed E-state index contributed by atoms with van der Waals surface area (Å²) in [4.78, 5) is 5.16. The van der Waals surface area contributed by atoms with E-state index in [1.807, 2.05) is 6.92 Å². The molecule has 4 heteroatoms. The van der Waals surface area contributed by atoms with Gasteiger partial charge in [-0.1, -0.05) is 0 Å². The van der Waals surface area contributed by atoms with E-state index in [2.05, 4.69) is 16.8 Å². The predicted molar refractivity (Wildman–Crippen MR) is 74.5 cm³/mol. The van der Waals surface area contributed by atoms with Gasteiger partial charge in [0, 0.05) is 25.2 Å². The summed E-state index contributed by atoms with van der Waals surface area (Å²) in [6.45, 7) is 5.73. The minimum Gasteiger partial charge on any atom is -0.389 e. The third-order valence-electron chi connectivity index (χ3n) is 4.86. The number of likely N-dealkylation sites (tertiary alicyclic amines) is 1. The lowest BCUT2D eigenvalue weighted by atomic mass is 10.00. The van der Waals surface area contributed by atoms with Crippen LogP contribution in [-0.4, -0.2) is 65.8 Å². The maximum Gasteiger partial charge on any atom is 0.0741 e. The molecule has 2 saturated heterocycles. The quantitative estimate of drug-likeness (QED) is 0.757. The fourth-order valence-electron chi connectivity index (χ4n) is 3.37. The Kier molecular flexibility index (Phi) is 4.64. The molecule has 3 atom stereocenters. The van der Waals surface area contributed by atoms with E-state index in [1.54, 1.807) is 0 Å². The van der Waals surface area contributed by atoms with Crippen molar-refractivity contribution in [2.24, 2.45) is 5.73 Å². The molecule has 0 saturated carbocycles. The van der Waals surface area contributed by atoms with Gasteiger partial charge in [0.25, 0.3) is 0 Å². The summed E-state index contributed by atoms with van der Waals surface area (Å²) in [6, 6.07) is 1.57. The summed E-state index contributed by atoms with van der Waals surface area (Å²) in [5.74, 6) is 0. The molecule has 0 aromatic rings. The van der Waals surface area contributed by atoms with Gasteiger partial charge in [0.1, 0.15) is 0 Å². The molecule has 2 heterocycles. The molecule has 2 aliphatic rings. The van der Waals surface area contributed by atoms with E-state index in [0.29, 0.717) is 6.54 Å². The number of rotatable bonds is 5. The van der Waals surface area contributed by atoms with Crippen molar-refractivity contribution in [3.63, 3.8) is 0 Å². The fourth-order valence-corrected chi connectivity index (χ4v) is 3.37. The first-order valence-corrected chi connectivity index (χ1v) is 7.38. The molecule has 3 N–H and O–H groups in total. The zero-order valence-corrected chi connectivity index (χ0v) is 11.9. The van der Waals surface area contributed by atoms with Gasteiger partial charge in [-0.25, -0.2) is 0 Å². The normalized spacial score (nSPS) is 33.3. The zero-order chi connectivity index (χ0) is 13.2. The molecule has 0 amide bonds. The van der Waals surface area contributed by atoms with E-state index in [9.17, 15) is 5.11 Å². The number of nitrogens with zero attached hydrogens (tertiary/aromatic N) is 2. The first kappa shape index (κ1) is 14.3. The van der Waals surface area contributed by atoms with Crippen molar-refractivity contribution in [2.45, 2.75) is 56.7 Å². The Hall–Kier alpha value is -0.160. The summed E-state index contributed by atoms with van der Waals surface area (Å²) in [6.07, 6.45) is 5.91. The Balaban J connectivity index is 1.74. The van der Waals surface area contributed by atoms with E-state index >= 15 is 0 Å². The second kappa shape index (κ2) is 5.87. The largest absolute Gasteiger partial charge is 0.389 e. The van der Waals surface area contributed by atoms with Crippen molar-refractivity contribution in [2.75, 3.05) is 33.2 Å². The predicted octanol–water partition coefficient (Wildman–Crippen LogP) is 0.645. The highest BCUT2D eigenvalue weighted by atomic mass is 16.3. The van der Waals surface area contributed by atoms with Crippen LogP contribution >= 0.6 is 0 Å². The van der Waals surface area contributed by atoms with Crippen molar-refractivity contribution < 1.29 is 5.11 Å². The molecule has 0 radical (unpaired) electrons. The number of nitrogens with two attached hydrogens (primary N) is 1. The summed E-state index contributed by atoms with van der Waals surface area (Å²) >= 11 is 0. The Bertz CT molecular complexity index is 270. The summed E-state index contributed by atoms with van der Waals surface area (Å²) < 4.78 is 0. The maximum atomic E-state index is 9.90. The van der Waals surface area contributed by atoms with Gasteiger partial charge in [-0.05, 0) is 59.2 Å². The van der Waals surface area contributed by atoms with Crippen LogP contribution in [0.3, 0.4) is 0 Å². The zero-order valence-electron chi connectivity index (χ0n) is 11.9. The second-order valence-corrected chi connectivity index (χ2v) is 6.44. The molecule has 0 aromatic carbocycles. The minimum atomic E-state index is -0.679. The SMILES string of the molecule is CN1C2CCC1CN(CCCC(C)(O)CN)CC2. The average Bonchev–Trinajstić information content (AvgIpc) is 2.56. The van der Waals surface area contributed by atoms with Crippen LogP contribution in [0.4, 0.5) is 0 Å². The standard InChI is InChI=1S/C14H29N3O/c1-14(18,11-15)7-3-8-17-9-6-12-4-5-13(10-17)16(12)2/h12-13,18H,3-11,15H2,1-2H3. The molecule has 2 fully saturated rings. The van der Waals surface area contributed by atoms with Gasteiger partial charge < -0.3 is 15.7 Å². The summed E-state index contributed by atoms with van der Waals surface area (Å²) in [5, 5.41) is 9.90. The smallest absolute Gasteiger partial charge is 0.0741 e. The Morgan fingerprint density at radius 3 is 2.72 bits per heavy atom. The molecule has 2 rings (SSSR count). The molecule has 2 bridgehead atoms. The van der Waals surface area contributed by atoms with Gasteiger partial charge >= 0.3 is 0 Å². The number of likely N-dealkylation sites (N-methyl/N-ethyl adjacent to an activating group) is 1. The van der Waals surface area contributed by atoms with E-state index in [0.717, 1.165) is 31.5 Å². The Labute approximate surface area is 111 Å². The number of hydrogen-bond donors (Lipinski definition) is 2. The fraction of sp³-hybridized carbons (Fsp3) is 1.00. The Morgan fingerprint density at radius 1 is 1.28 bits per heavy atom. The van der Waals surface area contributed by atoms with Gasteiger partial charge in [-0.2, -0.15) is 0 Å². The van der Waals surface area contributed by atoms with Crippen LogP contribution in [0.25, 0.3) is 0 Å². The van der Waals surface area contributed by atoms with Crippen LogP contribution in [0, 0.1) is 0 Å². The van der Waals surface area contributed by atoms with Crippen molar-refractivity contribution in [1.29, 1.82) is 0 Å². The van der Waals surface area contributed by atoms with Crippen LogP contribution in [0.15, 0.2) is 0 Å². The third-order valence-corrected chi connectivity index (χ3v) is 4.86. The van der Waals surface area contributed by atoms with Crippen LogP contribution in [-0.2, 0) is 0 Å². The van der Waals surface area contributed by atoms with E-state index in [4.69, 9.17) is 5.73 Å². The molecule has 0 spiro atoms. The maximum absolute atomic E-state index is 9.90. The van der Waals surface area contributed by atoms with Crippen molar-refractivity contribution >= 4 is 0 Å². The van der Waals surface area contributed by atoms with Gasteiger partial charge in [0.2, 0.25) is 0 Å². The molecule has 0 aromatic heterocycles. The second-order valence-electron chi connectivity index (χ2n) is 6.44. The summed E-state index contributed by atoms with van der Waals surface area (Å²) in [5.41, 5.74) is 4.87. The Morgan fingerprint density at radius 2 is 2.00 bits per heavy atom. The monoisotopic (exact) mass is 255 g/mol. The van der Waals surface area contributed by atoms with Gasteiger partial charge in [0.05, 0.1) is 5.60 Å². The van der Waals surface area contributed by atoms with Crippen LogP contribution in [0.2, 0.25) is 0 Å². The highest BCUT2D eigenvalue weighted by molar-refractivity contribution is 4.91. The van der Waals surface area contributed by atoms with Gasteiger partial charge in [0.15, 0.2) is 0 Å². The van der Waals surface area contributed by atoms with Gasteiger partial charge in [-0.15, -0.1) is 0 Å². The molecule has 106 valence electrons. The van der Waals surface area contributed by atoms with Crippen LogP contribution in [0.5, 0.6) is 0 Å². The number of fused-ring (bicyclic) bond motifs is 2. The highest BCUT2D eigenvalue weighted by Crippen LogP contribution is 2.28. The molecular formula is C14H29N3O. The minimum absolute atomic E-state index is 0.362. The van der Waals surface area contributed by atoms with Gasteiger partial charge in [-0.3, -0.25) is 4.90 Å². The van der Waals surface area contributed by atoms with Crippen molar-refractivity contribution in [3.05, 3.63) is 0 Å². The van der Waals surface area contributed by atoms with Crippen LogP contribution in [0.1, 0.15) is 39.0 Å². The molecule has 18 heavy (non-hydrogen) atoms. The lowest BCUT2D eigenvalue weighted by Gasteiger charge is -2.27. The molecule has 4 nitrogen and oxygen atoms in total. The molecule has 3 unspecified atom stereocenters. The lowest BCUT2D eigenvalue weighted by molar-refractivity contribution is 0.0540. The van der Waals surface area contributed by atoms with E-state index in [1.165, 1.54) is 32.4 Å². The van der Waals surface area contributed by atoms with Crippen molar-refractivity contribution in [1.82, 2.24) is 9.80 Å². The molecule has 2 aliphatic heterocycles. The number of hydrogen-bond acceptors (Lipinski definition) is 4. The van der Waals surface area contributed by atoms with Crippen LogP contribution < -0.4 is 5.73 Å². The highest BCUT2D eigenvalue weighted by Gasteiger charge is 2.34. The number of aliphatic hydroxyl groups is 1. The first-order valence-electron chi connectivity index (χ1n) is 7.38. The lowest BCUT2D eigenvalue weighted by Crippen LogP contribution is -2.38. The molecule has 0 aliphatic carbocycles. The van der Waals surface area contributed by atoms with E-state index < -0.39 is 5.60 Å². The molecular weight excluding hydrogens is 226 g/mol. The third kappa shape index (κ3) is 3.44. The van der Waals surface area contributed by atoms with Crippen molar-refractivity contribution in [3.8, 4) is 0 Å². The first-order chi connectivity index (χ1) is 8.52.